The van der Waals surface area contributed by atoms with Gasteiger partial charge in [-0.25, -0.2) is 4.79 Å². The molecule has 2 aromatic carbocycles. The Morgan fingerprint density at radius 3 is 2.21 bits per heavy atom. The summed E-state index contributed by atoms with van der Waals surface area (Å²) in [6.07, 6.45) is 0.906. The van der Waals surface area contributed by atoms with E-state index in [1.54, 1.807) is 32.9 Å². The van der Waals surface area contributed by atoms with Gasteiger partial charge in [-0.2, -0.15) is 0 Å². The first-order valence-electron chi connectivity index (χ1n) is 12.3. The molecule has 0 radical (unpaired) electrons. The number of amides is 3. The summed E-state index contributed by atoms with van der Waals surface area (Å²) in [5.41, 5.74) is 1.53. The van der Waals surface area contributed by atoms with Gasteiger partial charge in [0, 0.05) is 13.0 Å². The maximum atomic E-state index is 14.1. The molecule has 0 aliphatic carbocycles. The van der Waals surface area contributed by atoms with E-state index in [1.165, 1.54) is 18.1 Å². The number of carbonyl (C=O) groups excluding carboxylic acids is 4. The molecule has 0 aliphatic rings. The highest BCUT2D eigenvalue weighted by molar-refractivity contribution is 5.93. The summed E-state index contributed by atoms with van der Waals surface area (Å²) >= 11 is 0. The average Bonchev–Trinajstić information content (AvgIpc) is 2.86. The average molecular weight is 524 g/mol. The van der Waals surface area contributed by atoms with Crippen molar-refractivity contribution in [2.45, 2.75) is 51.8 Å². The second-order valence-electron chi connectivity index (χ2n) is 9.77. The van der Waals surface area contributed by atoms with Gasteiger partial charge in [-0.15, -0.1) is 6.58 Å². The van der Waals surface area contributed by atoms with E-state index < -0.39 is 41.6 Å². The van der Waals surface area contributed by atoms with Crippen LogP contribution < -0.4 is 10.6 Å². The van der Waals surface area contributed by atoms with Gasteiger partial charge in [0.25, 0.3) is 0 Å². The quantitative estimate of drug-likeness (QED) is 0.344. The van der Waals surface area contributed by atoms with Crippen molar-refractivity contribution < 1.29 is 28.7 Å². The van der Waals surface area contributed by atoms with E-state index in [1.807, 2.05) is 49.4 Å². The van der Waals surface area contributed by atoms with Crippen LogP contribution in [-0.2, 0) is 30.3 Å². The fraction of sp³-hybridized carbons (Fsp3) is 0.379. The van der Waals surface area contributed by atoms with Crippen LogP contribution in [-0.4, -0.2) is 60.6 Å². The number of aryl methyl sites for hydroxylation is 1. The lowest BCUT2D eigenvalue weighted by Gasteiger charge is -2.34. The predicted molar refractivity (Wildman–Crippen MR) is 144 cm³/mol. The topological polar surface area (TPSA) is 114 Å². The monoisotopic (exact) mass is 523 g/mol. The lowest BCUT2D eigenvalue weighted by atomic mass is 9.99. The molecule has 3 amide bonds. The first-order chi connectivity index (χ1) is 17.9. The minimum absolute atomic E-state index is 0.00427. The van der Waals surface area contributed by atoms with E-state index in [-0.39, 0.29) is 19.5 Å². The summed E-state index contributed by atoms with van der Waals surface area (Å²) in [6, 6.07) is 14.2. The third-order valence-electron chi connectivity index (χ3n) is 5.47. The van der Waals surface area contributed by atoms with Gasteiger partial charge in [0.15, 0.2) is 0 Å². The molecular weight excluding hydrogens is 486 g/mol. The highest BCUT2D eigenvalue weighted by Gasteiger charge is 2.36. The standard InChI is InChI=1S/C29H37N3O6/c1-7-17-32(25(22-15-13-20(2)14-16-22)26(34)30-19-24(33)37-6)27(35)23(18-21-11-9-8-10-12-21)31-28(36)38-29(3,4)5/h7-16,23,25H,1,17-19H2,2-6H3,(H,30,34)(H,31,36). The number of hydrogen-bond acceptors (Lipinski definition) is 6. The number of hydrogen-bond donors (Lipinski definition) is 2. The van der Waals surface area contributed by atoms with Crippen molar-refractivity contribution in [1.29, 1.82) is 0 Å². The Morgan fingerprint density at radius 1 is 1.03 bits per heavy atom. The molecule has 0 bridgehead atoms. The molecule has 2 N–H and O–H groups in total. The van der Waals surface area contributed by atoms with Crippen LogP contribution in [0.15, 0.2) is 67.3 Å². The lowest BCUT2D eigenvalue weighted by Crippen LogP contribution is -2.54. The molecule has 0 aliphatic heterocycles. The second-order valence-corrected chi connectivity index (χ2v) is 9.77. The third-order valence-corrected chi connectivity index (χ3v) is 5.47. The Labute approximate surface area is 224 Å². The molecule has 0 spiro atoms. The molecule has 0 saturated heterocycles. The van der Waals surface area contributed by atoms with Crippen molar-refractivity contribution in [3.05, 3.63) is 83.9 Å². The van der Waals surface area contributed by atoms with Crippen LogP contribution in [0.3, 0.4) is 0 Å². The van der Waals surface area contributed by atoms with E-state index in [2.05, 4.69) is 21.9 Å². The van der Waals surface area contributed by atoms with Gasteiger partial charge >= 0.3 is 12.1 Å². The van der Waals surface area contributed by atoms with Crippen molar-refractivity contribution in [2.75, 3.05) is 20.2 Å². The van der Waals surface area contributed by atoms with Crippen molar-refractivity contribution in [3.8, 4) is 0 Å². The van der Waals surface area contributed by atoms with Crippen LogP contribution in [0.25, 0.3) is 0 Å². The van der Waals surface area contributed by atoms with Gasteiger partial charge in [0.1, 0.15) is 24.2 Å². The molecule has 0 fully saturated rings. The van der Waals surface area contributed by atoms with E-state index in [0.29, 0.717) is 5.56 Å². The number of alkyl carbamates (subject to hydrolysis) is 1. The van der Waals surface area contributed by atoms with Crippen LogP contribution in [0.1, 0.15) is 43.5 Å². The third kappa shape index (κ3) is 9.38. The molecule has 204 valence electrons. The summed E-state index contributed by atoms with van der Waals surface area (Å²) in [5, 5.41) is 5.23. The molecule has 0 aromatic heterocycles. The Balaban J connectivity index is 2.49. The molecule has 2 atom stereocenters. The minimum atomic E-state index is -1.11. The van der Waals surface area contributed by atoms with Gasteiger partial charge in [-0.05, 0) is 38.8 Å². The van der Waals surface area contributed by atoms with Crippen LogP contribution in [0, 0.1) is 6.92 Å². The first-order valence-corrected chi connectivity index (χ1v) is 12.3. The van der Waals surface area contributed by atoms with Gasteiger partial charge in [-0.1, -0.05) is 66.2 Å². The Kier molecular flexibility index (Phi) is 11.1. The Hall–Kier alpha value is -4.14. The molecule has 0 heterocycles. The van der Waals surface area contributed by atoms with Crippen molar-refractivity contribution >= 4 is 23.9 Å². The van der Waals surface area contributed by atoms with E-state index in [9.17, 15) is 19.2 Å². The molecule has 9 heteroatoms. The van der Waals surface area contributed by atoms with Crippen LogP contribution in [0.5, 0.6) is 0 Å². The summed E-state index contributed by atoms with van der Waals surface area (Å²) < 4.78 is 10.0. The number of rotatable bonds is 11. The number of benzene rings is 2. The highest BCUT2D eigenvalue weighted by atomic mass is 16.6. The zero-order chi connectivity index (χ0) is 28.3. The van der Waals surface area contributed by atoms with Crippen molar-refractivity contribution in [1.82, 2.24) is 15.5 Å². The SMILES string of the molecule is C=CCN(C(=O)C(Cc1ccccc1)NC(=O)OC(C)(C)C)C(C(=O)NCC(=O)OC)c1ccc(C)cc1. The summed E-state index contributed by atoms with van der Waals surface area (Å²) in [5.74, 6) is -1.72. The molecule has 38 heavy (non-hydrogen) atoms. The fourth-order valence-electron chi connectivity index (χ4n) is 3.71. The number of nitrogens with one attached hydrogen (secondary N) is 2. The van der Waals surface area contributed by atoms with Gasteiger partial charge < -0.3 is 25.0 Å². The van der Waals surface area contributed by atoms with Crippen LogP contribution in [0.4, 0.5) is 4.79 Å². The summed E-state index contributed by atoms with van der Waals surface area (Å²) in [4.78, 5) is 53.2. The molecular formula is C29H37N3O6. The number of esters is 1. The maximum absolute atomic E-state index is 14.1. The van der Waals surface area contributed by atoms with E-state index in [0.717, 1.165) is 11.1 Å². The number of nitrogens with zero attached hydrogens (tertiary/aromatic N) is 1. The Bertz CT molecular complexity index is 1110. The second kappa shape index (κ2) is 14.0. The van der Waals surface area contributed by atoms with Crippen LogP contribution >= 0.6 is 0 Å². The van der Waals surface area contributed by atoms with E-state index in [4.69, 9.17) is 4.74 Å². The largest absolute Gasteiger partial charge is 0.468 e. The number of methoxy groups -OCH3 is 1. The van der Waals surface area contributed by atoms with Crippen molar-refractivity contribution in [2.24, 2.45) is 0 Å². The minimum Gasteiger partial charge on any atom is -0.468 e. The number of carbonyl (C=O) groups is 4. The zero-order valence-corrected chi connectivity index (χ0v) is 22.7. The molecule has 2 unspecified atom stereocenters. The van der Waals surface area contributed by atoms with E-state index >= 15 is 0 Å². The molecule has 2 aromatic rings. The summed E-state index contributed by atoms with van der Waals surface area (Å²) in [6.45, 7) is 10.5. The van der Waals surface area contributed by atoms with Crippen LogP contribution in [0.2, 0.25) is 0 Å². The van der Waals surface area contributed by atoms with Gasteiger partial charge in [0.2, 0.25) is 11.8 Å². The summed E-state index contributed by atoms with van der Waals surface area (Å²) in [7, 11) is 1.22. The zero-order valence-electron chi connectivity index (χ0n) is 22.7. The Morgan fingerprint density at radius 2 is 1.66 bits per heavy atom. The maximum Gasteiger partial charge on any atom is 0.408 e. The smallest absolute Gasteiger partial charge is 0.408 e. The number of ether oxygens (including phenoxy) is 2. The molecule has 2 rings (SSSR count). The van der Waals surface area contributed by atoms with Gasteiger partial charge in [-0.3, -0.25) is 14.4 Å². The lowest BCUT2D eigenvalue weighted by molar-refractivity contribution is -0.144. The highest BCUT2D eigenvalue weighted by Crippen LogP contribution is 2.24. The van der Waals surface area contributed by atoms with Crippen molar-refractivity contribution in [3.63, 3.8) is 0 Å². The first kappa shape index (κ1) is 30.1. The molecule has 0 saturated carbocycles. The molecule has 9 nitrogen and oxygen atoms in total. The fourth-order valence-corrected chi connectivity index (χ4v) is 3.71. The predicted octanol–water partition coefficient (Wildman–Crippen LogP) is 3.48. The van der Waals surface area contributed by atoms with Gasteiger partial charge in [0.05, 0.1) is 7.11 Å². The normalized spacial score (nSPS) is 12.4.